The third kappa shape index (κ3) is 10.9. The number of carbonyl (C=O) groups is 3. The van der Waals surface area contributed by atoms with Gasteiger partial charge in [0.15, 0.2) is 0 Å². The molecule has 3 amide bonds. The van der Waals surface area contributed by atoms with E-state index in [1.54, 1.807) is 30.0 Å². The van der Waals surface area contributed by atoms with E-state index in [1.807, 2.05) is 32.6 Å². The molecule has 1 heterocycles. The van der Waals surface area contributed by atoms with E-state index in [9.17, 15) is 28.3 Å². The highest BCUT2D eigenvalue weighted by molar-refractivity contribution is 6.00. The molecule has 0 radical (unpaired) electrons. The minimum absolute atomic E-state index is 0.0436. The van der Waals surface area contributed by atoms with E-state index in [4.69, 9.17) is 0 Å². The van der Waals surface area contributed by atoms with Crippen LogP contribution in [-0.4, -0.2) is 83.5 Å². The number of β-amino-alcohol motifs (C(OH)–C–C–N with tert-alkyl or cyclic N) is 1. The minimum Gasteiger partial charge on any atom is -0.390 e. The Hall–Kier alpha value is -3.37. The highest BCUT2D eigenvalue weighted by Gasteiger charge is 2.33. The van der Waals surface area contributed by atoms with Gasteiger partial charge in [-0.3, -0.25) is 19.3 Å². The van der Waals surface area contributed by atoms with Crippen LogP contribution in [0.4, 0.5) is 8.78 Å². The van der Waals surface area contributed by atoms with E-state index in [1.165, 1.54) is 12.1 Å². The quantitative estimate of drug-likeness (QED) is 0.262. The first-order valence-electron chi connectivity index (χ1n) is 16.3. The SMILES string of the molecule is CCCN(CCC)C(=O)c1cc(C)cc(C(=O)N[C@@H](Cc2cc(F)cc(F)c2)[C@H](O)CN2CCCC[C@H]2C(=O)NCC(C)C)c1. The highest BCUT2D eigenvalue weighted by atomic mass is 19.1. The number of aliphatic hydroxyl groups is 1. The molecule has 1 fully saturated rings. The zero-order chi connectivity index (χ0) is 33.1. The number of aryl methyl sites for hydroxylation is 1. The molecule has 248 valence electrons. The van der Waals surface area contributed by atoms with Crippen LogP contribution in [0.5, 0.6) is 0 Å². The van der Waals surface area contributed by atoms with Crippen LogP contribution in [0.3, 0.4) is 0 Å². The summed E-state index contributed by atoms with van der Waals surface area (Å²) in [4.78, 5) is 43.7. The molecule has 0 saturated carbocycles. The zero-order valence-corrected chi connectivity index (χ0v) is 27.4. The van der Waals surface area contributed by atoms with E-state index >= 15 is 0 Å². The summed E-state index contributed by atoms with van der Waals surface area (Å²) in [6.45, 7) is 12.3. The molecule has 1 aliphatic rings. The van der Waals surface area contributed by atoms with E-state index in [0.29, 0.717) is 44.1 Å². The number of hydrogen-bond acceptors (Lipinski definition) is 5. The van der Waals surface area contributed by atoms with Gasteiger partial charge in [-0.25, -0.2) is 8.78 Å². The maximum atomic E-state index is 14.1. The van der Waals surface area contributed by atoms with Crippen molar-refractivity contribution in [1.29, 1.82) is 0 Å². The van der Waals surface area contributed by atoms with Crippen LogP contribution < -0.4 is 10.6 Å². The molecule has 3 atom stereocenters. The lowest BCUT2D eigenvalue weighted by Gasteiger charge is -2.37. The Kier molecular flexibility index (Phi) is 13.9. The van der Waals surface area contributed by atoms with Crippen LogP contribution in [0.1, 0.15) is 91.6 Å². The average molecular weight is 629 g/mol. The third-order valence-corrected chi connectivity index (χ3v) is 8.04. The summed E-state index contributed by atoms with van der Waals surface area (Å²) in [5, 5.41) is 17.4. The van der Waals surface area contributed by atoms with Gasteiger partial charge in [-0.2, -0.15) is 0 Å². The van der Waals surface area contributed by atoms with E-state index in [2.05, 4.69) is 10.6 Å². The van der Waals surface area contributed by atoms with Gasteiger partial charge in [-0.05, 0) is 92.9 Å². The van der Waals surface area contributed by atoms with Crippen molar-refractivity contribution >= 4 is 17.7 Å². The average Bonchev–Trinajstić information content (AvgIpc) is 2.98. The molecule has 2 aromatic carbocycles. The number of rotatable bonds is 15. The van der Waals surface area contributed by atoms with Gasteiger partial charge in [0.1, 0.15) is 11.6 Å². The summed E-state index contributed by atoms with van der Waals surface area (Å²) < 4.78 is 28.2. The number of nitrogens with zero attached hydrogens (tertiary/aromatic N) is 2. The molecule has 0 unspecified atom stereocenters. The van der Waals surface area contributed by atoms with Gasteiger partial charge in [0, 0.05) is 43.4 Å². The Morgan fingerprint density at radius 2 is 1.62 bits per heavy atom. The number of nitrogens with one attached hydrogen (secondary N) is 2. The van der Waals surface area contributed by atoms with Crippen molar-refractivity contribution in [3.05, 3.63) is 70.3 Å². The van der Waals surface area contributed by atoms with Crippen molar-refractivity contribution in [2.45, 2.75) is 91.3 Å². The van der Waals surface area contributed by atoms with Crippen LogP contribution in [0, 0.1) is 24.5 Å². The van der Waals surface area contributed by atoms with E-state index < -0.39 is 35.7 Å². The lowest BCUT2D eigenvalue weighted by molar-refractivity contribution is -0.128. The Labute approximate surface area is 266 Å². The summed E-state index contributed by atoms with van der Waals surface area (Å²) in [5.74, 6) is -1.99. The Morgan fingerprint density at radius 1 is 0.978 bits per heavy atom. The first-order valence-corrected chi connectivity index (χ1v) is 16.3. The summed E-state index contributed by atoms with van der Waals surface area (Å²) >= 11 is 0. The van der Waals surface area contributed by atoms with Crippen LogP contribution in [0.2, 0.25) is 0 Å². The Balaban J connectivity index is 1.87. The number of amides is 3. The minimum atomic E-state index is -1.16. The molecule has 0 bridgehead atoms. The van der Waals surface area contributed by atoms with Gasteiger partial charge < -0.3 is 20.6 Å². The summed E-state index contributed by atoms with van der Waals surface area (Å²) in [6, 6.07) is 6.74. The van der Waals surface area contributed by atoms with E-state index in [-0.39, 0.29) is 35.9 Å². The smallest absolute Gasteiger partial charge is 0.253 e. The lowest BCUT2D eigenvalue weighted by Crippen LogP contribution is -2.55. The predicted octanol–water partition coefficient (Wildman–Crippen LogP) is 4.86. The van der Waals surface area contributed by atoms with Gasteiger partial charge in [0.2, 0.25) is 5.91 Å². The molecule has 10 heteroatoms. The fourth-order valence-corrected chi connectivity index (χ4v) is 5.89. The molecule has 0 aromatic heterocycles. The summed E-state index contributed by atoms with van der Waals surface area (Å²) in [6.07, 6.45) is 2.81. The zero-order valence-electron chi connectivity index (χ0n) is 27.4. The second-order valence-electron chi connectivity index (χ2n) is 12.7. The van der Waals surface area contributed by atoms with Crippen molar-refractivity contribution in [3.8, 4) is 0 Å². The van der Waals surface area contributed by atoms with Gasteiger partial charge in [-0.15, -0.1) is 0 Å². The molecule has 0 aliphatic carbocycles. The molecule has 3 N–H and O–H groups in total. The summed E-state index contributed by atoms with van der Waals surface area (Å²) in [5.41, 5.74) is 1.65. The van der Waals surface area contributed by atoms with Crippen LogP contribution >= 0.6 is 0 Å². The molecule has 45 heavy (non-hydrogen) atoms. The molecule has 0 spiro atoms. The largest absolute Gasteiger partial charge is 0.390 e. The fraction of sp³-hybridized carbons (Fsp3) is 0.571. The molecule has 1 aliphatic heterocycles. The second-order valence-corrected chi connectivity index (χ2v) is 12.7. The van der Waals surface area contributed by atoms with Crippen LogP contribution in [0.15, 0.2) is 36.4 Å². The van der Waals surface area contributed by atoms with E-state index in [0.717, 1.165) is 37.3 Å². The van der Waals surface area contributed by atoms with Gasteiger partial charge in [0.05, 0.1) is 18.2 Å². The molecular formula is C35H50F2N4O4. The molecular weight excluding hydrogens is 578 g/mol. The Bertz CT molecular complexity index is 1280. The van der Waals surface area contributed by atoms with Crippen LogP contribution in [-0.2, 0) is 11.2 Å². The van der Waals surface area contributed by atoms with Crippen molar-refractivity contribution in [1.82, 2.24) is 20.4 Å². The van der Waals surface area contributed by atoms with Crippen molar-refractivity contribution < 1.29 is 28.3 Å². The van der Waals surface area contributed by atoms with Gasteiger partial charge >= 0.3 is 0 Å². The first-order chi connectivity index (χ1) is 21.4. The number of hydrogen-bond donors (Lipinski definition) is 3. The molecule has 2 aromatic rings. The van der Waals surface area contributed by atoms with Crippen LogP contribution in [0.25, 0.3) is 0 Å². The number of piperidine rings is 1. The topological polar surface area (TPSA) is 102 Å². The van der Waals surface area contributed by atoms with Gasteiger partial charge in [-0.1, -0.05) is 34.1 Å². The van der Waals surface area contributed by atoms with Gasteiger partial charge in [0.25, 0.3) is 11.8 Å². The Morgan fingerprint density at radius 3 is 2.24 bits per heavy atom. The molecule has 3 rings (SSSR count). The normalized spacial score (nSPS) is 16.7. The maximum absolute atomic E-state index is 14.1. The first kappa shape index (κ1) is 36.1. The lowest BCUT2D eigenvalue weighted by atomic mass is 9.96. The standard InChI is InChI=1S/C35H50F2N4O4/c1-6-11-40(12-7-2)35(45)27-15-24(5)14-26(19-27)33(43)39-30(18-25-16-28(36)20-29(37)17-25)32(42)22-41-13-9-8-10-31(41)34(44)38-21-23(3)4/h14-17,19-20,23,30-32,42H,6-13,18,21-22H2,1-5H3,(H,38,44)(H,39,43)/t30-,31-,32+/m0/s1. The third-order valence-electron chi connectivity index (χ3n) is 8.04. The second kappa shape index (κ2) is 17.4. The highest BCUT2D eigenvalue weighted by Crippen LogP contribution is 2.20. The number of halogens is 2. The number of aliphatic hydroxyl groups excluding tert-OH is 1. The molecule has 1 saturated heterocycles. The van der Waals surface area contributed by atoms with Crippen molar-refractivity contribution in [2.75, 3.05) is 32.7 Å². The number of likely N-dealkylation sites (tertiary alicyclic amines) is 1. The monoisotopic (exact) mass is 628 g/mol. The maximum Gasteiger partial charge on any atom is 0.253 e. The molecule has 8 nitrogen and oxygen atoms in total. The van der Waals surface area contributed by atoms with Crippen molar-refractivity contribution in [3.63, 3.8) is 0 Å². The predicted molar refractivity (Wildman–Crippen MR) is 172 cm³/mol. The van der Waals surface area contributed by atoms with Crippen molar-refractivity contribution in [2.24, 2.45) is 5.92 Å². The number of benzene rings is 2. The summed E-state index contributed by atoms with van der Waals surface area (Å²) in [7, 11) is 0. The fourth-order valence-electron chi connectivity index (χ4n) is 5.89. The number of carbonyl (C=O) groups excluding carboxylic acids is 3.